The summed E-state index contributed by atoms with van der Waals surface area (Å²) in [7, 11) is 1.50. The second-order valence-corrected chi connectivity index (χ2v) is 10.3. The van der Waals surface area contributed by atoms with Crippen molar-refractivity contribution in [2.75, 3.05) is 7.11 Å². The second-order valence-electron chi connectivity index (χ2n) is 10.3. The number of aliphatic hydroxyl groups is 2. The Balaban J connectivity index is 2.64. The number of carbonyl (C=O) groups excluding carboxylic acids is 2. The van der Waals surface area contributed by atoms with Crippen LogP contribution in [0.25, 0.3) is 0 Å². The first-order valence-corrected chi connectivity index (χ1v) is 12.8. The number of methoxy groups -OCH3 is 1. The van der Waals surface area contributed by atoms with Gasteiger partial charge in [-0.25, -0.2) is 0 Å². The normalized spacial score (nSPS) is 21.0. The SMILES string of the molecule is CC#CC[C@H](O)C/C=C\NC(=O)[C@@H](NC(=O)\C=C/C=C\C(C)=C\[C@H](C)[C@@H]1CC=C(OC)C(O)O1)C(C)(C)C. The Morgan fingerprint density at radius 3 is 2.58 bits per heavy atom. The molecule has 2 amide bonds. The van der Waals surface area contributed by atoms with Crippen molar-refractivity contribution < 1.29 is 29.3 Å². The van der Waals surface area contributed by atoms with Crippen LogP contribution in [0.2, 0.25) is 0 Å². The zero-order valence-electron chi connectivity index (χ0n) is 23.7. The van der Waals surface area contributed by atoms with Crippen LogP contribution in [-0.2, 0) is 19.1 Å². The van der Waals surface area contributed by atoms with Gasteiger partial charge in [0.05, 0.1) is 19.3 Å². The molecule has 0 aromatic carbocycles. The number of allylic oxidation sites excluding steroid dienone is 4. The molecule has 1 unspecified atom stereocenters. The average molecular weight is 529 g/mol. The number of nitrogens with one attached hydrogen (secondary N) is 2. The minimum atomic E-state index is -1.05. The fraction of sp³-hybridized carbons (Fsp3) is 0.533. The second kappa shape index (κ2) is 16.7. The average Bonchev–Trinajstić information content (AvgIpc) is 2.85. The van der Waals surface area contributed by atoms with E-state index < -0.39 is 23.9 Å². The Labute approximate surface area is 227 Å². The summed E-state index contributed by atoms with van der Waals surface area (Å²) in [6.07, 6.45) is 13.2. The van der Waals surface area contributed by atoms with Crippen molar-refractivity contribution in [1.29, 1.82) is 0 Å². The third-order valence-corrected chi connectivity index (χ3v) is 5.85. The first-order chi connectivity index (χ1) is 17.9. The summed E-state index contributed by atoms with van der Waals surface area (Å²) < 4.78 is 10.7. The summed E-state index contributed by atoms with van der Waals surface area (Å²) in [6, 6.07) is -0.759. The van der Waals surface area contributed by atoms with Crippen molar-refractivity contribution >= 4 is 11.8 Å². The molecule has 8 heteroatoms. The van der Waals surface area contributed by atoms with Crippen LogP contribution in [0.4, 0.5) is 0 Å². The predicted octanol–water partition coefficient (Wildman–Crippen LogP) is 3.64. The molecule has 1 heterocycles. The van der Waals surface area contributed by atoms with E-state index in [0.717, 1.165) is 5.57 Å². The summed E-state index contributed by atoms with van der Waals surface area (Å²) in [5.74, 6) is 5.29. The van der Waals surface area contributed by atoms with Gasteiger partial charge >= 0.3 is 0 Å². The molecule has 1 aliphatic rings. The van der Waals surface area contributed by atoms with Gasteiger partial charge in [-0.3, -0.25) is 9.59 Å². The molecule has 0 saturated carbocycles. The Bertz CT molecular complexity index is 990. The number of rotatable bonds is 12. The van der Waals surface area contributed by atoms with Gasteiger partial charge in [0.25, 0.3) is 0 Å². The Morgan fingerprint density at radius 2 is 1.97 bits per heavy atom. The van der Waals surface area contributed by atoms with E-state index in [1.165, 1.54) is 19.4 Å². The molecule has 1 aliphatic heterocycles. The lowest BCUT2D eigenvalue weighted by Crippen LogP contribution is -2.52. The van der Waals surface area contributed by atoms with E-state index in [-0.39, 0.29) is 23.8 Å². The summed E-state index contributed by atoms with van der Waals surface area (Å²) in [4.78, 5) is 25.2. The summed E-state index contributed by atoms with van der Waals surface area (Å²) in [6.45, 7) is 11.3. The Morgan fingerprint density at radius 1 is 1.29 bits per heavy atom. The maximum atomic E-state index is 12.7. The zero-order valence-corrected chi connectivity index (χ0v) is 23.7. The van der Waals surface area contributed by atoms with E-state index in [0.29, 0.717) is 25.0 Å². The number of ether oxygens (including phenoxy) is 2. The van der Waals surface area contributed by atoms with Crippen molar-refractivity contribution in [3.63, 3.8) is 0 Å². The van der Waals surface area contributed by atoms with Crippen molar-refractivity contribution in [2.24, 2.45) is 11.3 Å². The van der Waals surface area contributed by atoms with Gasteiger partial charge in [0.2, 0.25) is 18.1 Å². The molecular formula is C30H44N2O6. The van der Waals surface area contributed by atoms with E-state index in [4.69, 9.17) is 9.47 Å². The van der Waals surface area contributed by atoms with Gasteiger partial charge in [-0.1, -0.05) is 63.6 Å². The predicted molar refractivity (Wildman–Crippen MR) is 149 cm³/mol. The molecule has 0 aliphatic carbocycles. The fourth-order valence-corrected chi connectivity index (χ4v) is 3.69. The third kappa shape index (κ3) is 12.4. The van der Waals surface area contributed by atoms with Crippen LogP contribution in [0.5, 0.6) is 0 Å². The number of amides is 2. The summed E-state index contributed by atoms with van der Waals surface area (Å²) in [5.41, 5.74) is 0.462. The van der Waals surface area contributed by atoms with Crippen molar-refractivity contribution in [1.82, 2.24) is 10.6 Å². The van der Waals surface area contributed by atoms with Gasteiger partial charge in [-0.2, -0.15) is 0 Å². The quantitative estimate of drug-likeness (QED) is 0.175. The lowest BCUT2D eigenvalue weighted by atomic mass is 9.86. The van der Waals surface area contributed by atoms with E-state index >= 15 is 0 Å². The van der Waals surface area contributed by atoms with Gasteiger partial charge in [0, 0.05) is 18.4 Å². The van der Waals surface area contributed by atoms with Crippen molar-refractivity contribution in [2.45, 2.75) is 85.3 Å². The highest BCUT2D eigenvalue weighted by atomic mass is 16.6. The third-order valence-electron chi connectivity index (χ3n) is 5.85. The molecule has 0 aromatic rings. The minimum Gasteiger partial charge on any atom is -0.496 e. The van der Waals surface area contributed by atoms with E-state index in [2.05, 4.69) is 22.5 Å². The maximum Gasteiger partial charge on any atom is 0.247 e. The van der Waals surface area contributed by atoms with Crippen molar-refractivity contribution in [3.8, 4) is 11.8 Å². The maximum absolute atomic E-state index is 12.7. The van der Waals surface area contributed by atoms with Crippen LogP contribution in [0.15, 0.2) is 60.1 Å². The topological polar surface area (TPSA) is 117 Å². The van der Waals surface area contributed by atoms with Crippen LogP contribution in [0, 0.1) is 23.2 Å². The standard InChI is InChI=1S/C30H44N2O6/c1-8-9-14-23(33)15-12-19-31-28(35)27(30(4,5)6)32-26(34)16-11-10-13-21(2)20-22(3)24-17-18-25(37-7)29(36)38-24/h10-13,16,18-20,22-24,27,29,33,36H,14-15,17H2,1-7H3,(H,31,35)(H,32,34)/b13-10-,16-11-,19-12-,21-20+/t22-,23-,24-,27+,29?/m0/s1. The minimum absolute atomic E-state index is 0.0598. The lowest BCUT2D eigenvalue weighted by Gasteiger charge is -2.29. The molecule has 4 N–H and O–H groups in total. The molecular weight excluding hydrogens is 484 g/mol. The van der Waals surface area contributed by atoms with Crippen molar-refractivity contribution in [3.05, 3.63) is 60.1 Å². The van der Waals surface area contributed by atoms with Gasteiger partial charge in [-0.15, -0.1) is 11.8 Å². The molecule has 210 valence electrons. The number of aliphatic hydroxyl groups excluding tert-OH is 2. The molecule has 1 rings (SSSR count). The van der Waals surface area contributed by atoms with Gasteiger partial charge < -0.3 is 30.3 Å². The monoisotopic (exact) mass is 528 g/mol. The van der Waals surface area contributed by atoms with Crippen LogP contribution >= 0.6 is 0 Å². The highest BCUT2D eigenvalue weighted by molar-refractivity contribution is 5.93. The van der Waals surface area contributed by atoms with Crippen LogP contribution in [0.3, 0.4) is 0 Å². The number of carbonyl (C=O) groups is 2. The Kier molecular flexibility index (Phi) is 14.4. The Hall–Kier alpha value is -3.12. The highest BCUT2D eigenvalue weighted by Gasteiger charge is 2.32. The fourth-order valence-electron chi connectivity index (χ4n) is 3.69. The first kappa shape index (κ1) is 32.9. The molecule has 0 spiro atoms. The largest absolute Gasteiger partial charge is 0.496 e. The smallest absolute Gasteiger partial charge is 0.247 e. The van der Waals surface area contributed by atoms with E-state index in [9.17, 15) is 19.8 Å². The molecule has 0 bridgehead atoms. The molecule has 0 aromatic heterocycles. The van der Waals surface area contributed by atoms with Crippen LogP contribution < -0.4 is 10.6 Å². The number of hydrogen-bond acceptors (Lipinski definition) is 6. The molecule has 0 fully saturated rings. The lowest BCUT2D eigenvalue weighted by molar-refractivity contribution is -0.150. The molecule has 38 heavy (non-hydrogen) atoms. The zero-order chi connectivity index (χ0) is 28.7. The van der Waals surface area contributed by atoms with E-state index in [1.807, 2.05) is 52.8 Å². The van der Waals surface area contributed by atoms with Crippen LogP contribution in [-0.4, -0.2) is 53.7 Å². The van der Waals surface area contributed by atoms with Gasteiger partial charge in [-0.05, 0) is 44.4 Å². The number of hydrogen-bond donors (Lipinski definition) is 4. The first-order valence-electron chi connectivity index (χ1n) is 12.8. The van der Waals surface area contributed by atoms with Gasteiger partial charge in [0.1, 0.15) is 11.8 Å². The summed E-state index contributed by atoms with van der Waals surface area (Å²) in [5, 5.41) is 25.2. The van der Waals surface area contributed by atoms with Crippen LogP contribution in [0.1, 0.15) is 60.8 Å². The summed E-state index contributed by atoms with van der Waals surface area (Å²) >= 11 is 0. The molecule has 8 nitrogen and oxygen atoms in total. The highest BCUT2D eigenvalue weighted by Crippen LogP contribution is 2.25. The van der Waals surface area contributed by atoms with E-state index in [1.54, 1.807) is 25.2 Å². The molecule has 5 atom stereocenters. The molecule has 0 saturated heterocycles. The van der Waals surface area contributed by atoms with Gasteiger partial charge in [0.15, 0.2) is 0 Å². The molecule has 0 radical (unpaired) electrons.